The van der Waals surface area contributed by atoms with Crippen molar-refractivity contribution >= 4 is 64.4 Å². The van der Waals surface area contributed by atoms with E-state index in [1.807, 2.05) is 11.3 Å². The third-order valence-corrected chi connectivity index (χ3v) is 16.2. The number of aromatic nitrogens is 1. The maximum absolute atomic E-state index is 2.61. The topological polar surface area (TPSA) is 4.93 Å². The molecule has 23 heavy (non-hydrogen) atoms. The molecule has 0 aromatic carbocycles. The second kappa shape index (κ2) is 7.49. The van der Waals surface area contributed by atoms with Gasteiger partial charge in [0.15, 0.2) is 0 Å². The number of fused-ring (bicyclic) bond motifs is 3. The Balaban J connectivity index is 1.82. The summed E-state index contributed by atoms with van der Waals surface area (Å²) in [6.07, 6.45) is 8.24. The van der Waals surface area contributed by atoms with Crippen LogP contribution >= 0.6 is 22.7 Å². The van der Waals surface area contributed by atoms with Crippen molar-refractivity contribution in [1.82, 2.24) is 4.57 Å². The van der Waals surface area contributed by atoms with Gasteiger partial charge in [-0.3, -0.25) is 0 Å². The van der Waals surface area contributed by atoms with Gasteiger partial charge in [0.1, 0.15) is 0 Å². The molecular formula is C19H29NS2Sn. The average molecular weight is 454 g/mol. The number of hydrogen-bond donors (Lipinski definition) is 0. The molecule has 0 unspecified atom stereocenters. The van der Waals surface area contributed by atoms with Crippen LogP contribution in [0.3, 0.4) is 0 Å². The van der Waals surface area contributed by atoms with E-state index in [4.69, 9.17) is 0 Å². The normalized spacial score (nSPS) is 12.7. The summed E-state index contributed by atoms with van der Waals surface area (Å²) in [6, 6.07) is 4.86. The third kappa shape index (κ3) is 3.82. The number of nitrogens with zero attached hydrogens (tertiary/aromatic N) is 1. The molecule has 3 aromatic heterocycles. The molecule has 0 aliphatic heterocycles. The summed E-state index contributed by atoms with van der Waals surface area (Å²) >= 11 is 2.06. The Morgan fingerprint density at radius 3 is 2.43 bits per heavy atom. The van der Waals surface area contributed by atoms with Crippen LogP contribution in [0.2, 0.25) is 14.8 Å². The fourth-order valence-corrected chi connectivity index (χ4v) is 10.6. The van der Waals surface area contributed by atoms with E-state index in [-0.39, 0.29) is 0 Å². The molecule has 0 atom stereocenters. The first-order valence-corrected chi connectivity index (χ1v) is 20.7. The standard InChI is InChI=1S/C16H20NS2.3CH3.Sn/c1-2-3-4-5-6-7-10-17-13-8-11-18-15(13)16-14(17)9-12-19-16;;;;/h8-9,11H,2-7,10H2,1H3;3*1H3;. The minimum absolute atomic E-state index is 1.19. The number of unbranched alkanes of at least 4 members (excludes halogenated alkanes) is 5. The molecule has 0 spiro atoms. The van der Waals surface area contributed by atoms with E-state index in [2.05, 4.69) is 55.2 Å². The summed E-state index contributed by atoms with van der Waals surface area (Å²) < 4.78 is 7.41. The zero-order chi connectivity index (χ0) is 16.4. The molecule has 0 bridgehead atoms. The van der Waals surface area contributed by atoms with Gasteiger partial charge in [-0.1, -0.05) is 0 Å². The van der Waals surface area contributed by atoms with Crippen LogP contribution in [0.15, 0.2) is 17.5 Å². The minimum atomic E-state index is -1.96. The first-order chi connectivity index (χ1) is 11.0. The van der Waals surface area contributed by atoms with E-state index >= 15 is 0 Å². The average Bonchev–Trinajstić information content (AvgIpc) is 3.15. The predicted octanol–water partition coefficient (Wildman–Crippen LogP) is 6.82. The van der Waals surface area contributed by atoms with Crippen LogP contribution in [0.1, 0.15) is 45.4 Å². The molecule has 0 radical (unpaired) electrons. The van der Waals surface area contributed by atoms with Gasteiger partial charge in [0.2, 0.25) is 0 Å². The molecule has 0 saturated carbocycles. The molecule has 0 amide bonds. The molecule has 1 nitrogen and oxygen atoms in total. The van der Waals surface area contributed by atoms with Crippen molar-refractivity contribution in [3.8, 4) is 0 Å². The van der Waals surface area contributed by atoms with Crippen LogP contribution in [0.5, 0.6) is 0 Å². The Labute approximate surface area is 152 Å². The SMILES string of the molecule is CCCCCCCCn1c2ccsc2c2s[c]([Sn]([CH3])([CH3])[CH3])cc21. The zero-order valence-electron chi connectivity index (χ0n) is 14.9. The van der Waals surface area contributed by atoms with Crippen LogP contribution < -0.4 is 2.89 Å². The van der Waals surface area contributed by atoms with Crippen molar-refractivity contribution in [3.05, 3.63) is 17.5 Å². The number of aryl methyl sites for hydroxylation is 1. The Morgan fingerprint density at radius 1 is 0.957 bits per heavy atom. The van der Waals surface area contributed by atoms with Gasteiger partial charge in [-0.15, -0.1) is 0 Å². The Hall–Kier alpha value is -0.00130. The van der Waals surface area contributed by atoms with Crippen LogP contribution in [0, 0.1) is 0 Å². The van der Waals surface area contributed by atoms with Gasteiger partial charge in [-0.25, -0.2) is 0 Å². The summed E-state index contributed by atoms with van der Waals surface area (Å²) in [6.45, 7) is 3.48. The summed E-state index contributed by atoms with van der Waals surface area (Å²) in [4.78, 5) is 7.59. The van der Waals surface area contributed by atoms with E-state index in [0.29, 0.717) is 0 Å². The van der Waals surface area contributed by atoms with E-state index in [9.17, 15) is 0 Å². The molecular weight excluding hydrogens is 425 g/mol. The van der Waals surface area contributed by atoms with Crippen LogP contribution in [0.25, 0.3) is 20.4 Å². The van der Waals surface area contributed by atoms with Crippen molar-refractivity contribution in [2.75, 3.05) is 0 Å². The molecule has 0 N–H and O–H groups in total. The Bertz CT molecular complexity index is 772. The predicted molar refractivity (Wildman–Crippen MR) is 112 cm³/mol. The number of hydrogen-bond acceptors (Lipinski definition) is 2. The molecule has 0 aliphatic carbocycles. The first-order valence-electron chi connectivity index (χ1n) is 9.02. The van der Waals surface area contributed by atoms with Gasteiger partial charge >= 0.3 is 153 Å². The van der Waals surface area contributed by atoms with Crippen molar-refractivity contribution in [2.24, 2.45) is 0 Å². The van der Waals surface area contributed by atoms with Crippen LogP contribution in [-0.2, 0) is 6.54 Å². The van der Waals surface area contributed by atoms with Crippen LogP contribution in [-0.4, -0.2) is 22.9 Å². The van der Waals surface area contributed by atoms with Gasteiger partial charge in [-0.05, 0) is 0 Å². The van der Waals surface area contributed by atoms with Gasteiger partial charge in [0, 0.05) is 0 Å². The Kier molecular flexibility index (Phi) is 5.80. The fraction of sp³-hybridized carbons (Fsp3) is 0.579. The summed E-state index contributed by atoms with van der Waals surface area (Å²) in [5.74, 6) is 0. The molecule has 3 aromatic rings. The van der Waals surface area contributed by atoms with Crippen molar-refractivity contribution < 1.29 is 0 Å². The summed E-state index contributed by atoms with van der Waals surface area (Å²) in [7, 11) is 0. The number of rotatable bonds is 8. The van der Waals surface area contributed by atoms with E-state index < -0.39 is 18.4 Å². The second-order valence-electron chi connectivity index (χ2n) is 7.63. The van der Waals surface area contributed by atoms with Gasteiger partial charge in [0.05, 0.1) is 0 Å². The number of thiophene rings is 2. The third-order valence-electron chi connectivity index (χ3n) is 4.62. The second-order valence-corrected chi connectivity index (χ2v) is 25.0. The zero-order valence-corrected chi connectivity index (χ0v) is 19.4. The van der Waals surface area contributed by atoms with Crippen LogP contribution in [0.4, 0.5) is 0 Å². The van der Waals surface area contributed by atoms with E-state index in [1.165, 1.54) is 60.8 Å². The molecule has 0 saturated heterocycles. The van der Waals surface area contributed by atoms with Crippen molar-refractivity contribution in [3.63, 3.8) is 0 Å². The molecule has 0 fully saturated rings. The molecule has 3 rings (SSSR count). The van der Waals surface area contributed by atoms with E-state index in [1.54, 1.807) is 7.59 Å². The van der Waals surface area contributed by atoms with Crippen molar-refractivity contribution in [2.45, 2.75) is 66.8 Å². The molecule has 4 heteroatoms. The molecule has 3 heterocycles. The maximum atomic E-state index is 2.61. The quantitative estimate of drug-likeness (QED) is 0.260. The molecule has 0 aliphatic rings. The first kappa shape index (κ1) is 17.8. The van der Waals surface area contributed by atoms with Gasteiger partial charge in [0.25, 0.3) is 0 Å². The fourth-order valence-electron chi connectivity index (χ4n) is 3.22. The monoisotopic (exact) mass is 455 g/mol. The molecule has 126 valence electrons. The summed E-state index contributed by atoms with van der Waals surface area (Å²) in [5, 5.41) is 2.27. The summed E-state index contributed by atoms with van der Waals surface area (Å²) in [5.41, 5.74) is 2.99. The van der Waals surface area contributed by atoms with Crippen molar-refractivity contribution in [1.29, 1.82) is 0 Å². The van der Waals surface area contributed by atoms with Gasteiger partial charge < -0.3 is 0 Å². The Morgan fingerprint density at radius 2 is 1.70 bits per heavy atom. The van der Waals surface area contributed by atoms with Gasteiger partial charge in [-0.2, -0.15) is 0 Å². The van der Waals surface area contributed by atoms with E-state index in [0.717, 1.165) is 0 Å².